The average Bonchev–Trinajstić information content (AvgIpc) is 2.90. The number of aliphatic hydroxyl groups is 1. The number of nitrogens with zero attached hydrogens (tertiary/aromatic N) is 2. The number of nitrogens with one attached hydrogen (secondary N) is 2. The van der Waals surface area contributed by atoms with E-state index in [4.69, 9.17) is 0 Å². The molecule has 0 radical (unpaired) electrons. The van der Waals surface area contributed by atoms with E-state index in [1.165, 1.54) is 15.4 Å². The summed E-state index contributed by atoms with van der Waals surface area (Å²) in [6.07, 6.45) is 1.48. The number of aryl methyl sites for hydroxylation is 1. The van der Waals surface area contributed by atoms with Crippen LogP contribution in [-0.4, -0.2) is 77.5 Å². The van der Waals surface area contributed by atoms with Crippen molar-refractivity contribution in [2.24, 2.45) is 0 Å². The molecule has 0 aromatic heterocycles. The molecule has 10 heteroatoms. The van der Waals surface area contributed by atoms with E-state index in [-0.39, 0.29) is 31.6 Å². The highest BCUT2D eigenvalue weighted by Crippen LogP contribution is 2.13. The van der Waals surface area contributed by atoms with Crippen LogP contribution >= 0.6 is 0 Å². The molecule has 1 saturated heterocycles. The highest BCUT2D eigenvalue weighted by atomic mass is 19.1. The third-order valence-corrected chi connectivity index (χ3v) is 6.82. The summed E-state index contributed by atoms with van der Waals surface area (Å²) in [5.74, 6) is -3.47. The maximum Gasteiger partial charge on any atom is 0.312 e. The van der Waals surface area contributed by atoms with Crippen molar-refractivity contribution in [1.29, 1.82) is 0 Å². The summed E-state index contributed by atoms with van der Waals surface area (Å²) in [5.41, 5.74) is 2.50. The fourth-order valence-electron chi connectivity index (χ4n) is 4.52. The number of aliphatic hydroxyl groups excluding tert-OH is 1. The van der Waals surface area contributed by atoms with Crippen LogP contribution in [0.15, 0.2) is 42.5 Å². The van der Waals surface area contributed by atoms with E-state index in [0.29, 0.717) is 19.6 Å². The molecular weight excluding hydrogens is 506 g/mol. The van der Waals surface area contributed by atoms with Gasteiger partial charge in [0.25, 0.3) is 0 Å². The van der Waals surface area contributed by atoms with E-state index in [1.54, 1.807) is 0 Å². The number of carbonyl (C=O) groups excluding carboxylic acids is 3. The number of hydrogen-bond donors (Lipinski definition) is 3. The predicted octanol–water partition coefficient (Wildman–Crippen LogP) is 2.18. The van der Waals surface area contributed by atoms with Crippen molar-refractivity contribution in [1.82, 2.24) is 20.4 Å². The van der Waals surface area contributed by atoms with Crippen LogP contribution in [0.5, 0.6) is 0 Å². The minimum atomic E-state index is -1.10. The predicted molar refractivity (Wildman–Crippen MR) is 144 cm³/mol. The van der Waals surface area contributed by atoms with Gasteiger partial charge in [0.05, 0.1) is 12.1 Å². The van der Waals surface area contributed by atoms with E-state index in [0.717, 1.165) is 43.0 Å². The Bertz CT molecular complexity index is 1110. The third kappa shape index (κ3) is 9.11. The van der Waals surface area contributed by atoms with Gasteiger partial charge in [-0.05, 0) is 48.1 Å². The summed E-state index contributed by atoms with van der Waals surface area (Å²) >= 11 is 0. The summed E-state index contributed by atoms with van der Waals surface area (Å²) in [7, 11) is 0. The number of carbonyl (C=O) groups is 3. The second kappa shape index (κ2) is 14.7. The van der Waals surface area contributed by atoms with Crippen molar-refractivity contribution >= 4 is 17.7 Å². The first kappa shape index (κ1) is 30.2. The lowest BCUT2D eigenvalue weighted by Crippen LogP contribution is -2.57. The molecule has 1 fully saturated rings. The number of unbranched alkanes of at least 4 members (excludes halogenated alkanes) is 1. The molecule has 3 N–H and O–H groups in total. The number of benzene rings is 2. The van der Waals surface area contributed by atoms with Gasteiger partial charge in [-0.15, -0.1) is 0 Å². The Morgan fingerprint density at radius 1 is 0.949 bits per heavy atom. The highest BCUT2D eigenvalue weighted by Gasteiger charge is 2.33. The average molecular weight is 545 g/mol. The molecule has 1 aliphatic rings. The molecule has 8 nitrogen and oxygen atoms in total. The molecule has 0 bridgehead atoms. The van der Waals surface area contributed by atoms with E-state index in [2.05, 4.69) is 17.6 Å². The summed E-state index contributed by atoms with van der Waals surface area (Å²) in [4.78, 5) is 40.5. The number of halogens is 2. The lowest BCUT2D eigenvalue weighted by molar-refractivity contribution is -0.157. The van der Waals surface area contributed by atoms with Gasteiger partial charge in [0.2, 0.25) is 5.91 Å². The van der Waals surface area contributed by atoms with E-state index in [1.807, 2.05) is 31.2 Å². The molecule has 3 amide bonds. The number of rotatable bonds is 14. The molecule has 2 atom stereocenters. The summed E-state index contributed by atoms with van der Waals surface area (Å²) in [6, 6.07) is 10.2. The third-order valence-electron chi connectivity index (χ3n) is 6.82. The van der Waals surface area contributed by atoms with Crippen molar-refractivity contribution in [2.45, 2.75) is 58.2 Å². The maximum atomic E-state index is 13.8. The summed E-state index contributed by atoms with van der Waals surface area (Å²) in [6.45, 7) is 5.36. The number of piperazine rings is 1. The van der Waals surface area contributed by atoms with Gasteiger partial charge in [-0.1, -0.05) is 44.5 Å². The van der Waals surface area contributed by atoms with Crippen LogP contribution < -0.4 is 10.6 Å². The van der Waals surface area contributed by atoms with Gasteiger partial charge < -0.3 is 25.5 Å². The smallest absolute Gasteiger partial charge is 0.312 e. The Balaban J connectivity index is 1.62. The van der Waals surface area contributed by atoms with Crippen LogP contribution in [0.1, 0.15) is 43.4 Å². The number of amides is 3. The summed E-state index contributed by atoms with van der Waals surface area (Å²) < 4.78 is 27.6. The van der Waals surface area contributed by atoms with Gasteiger partial charge in [-0.3, -0.25) is 14.4 Å². The minimum Gasteiger partial charge on any atom is -0.390 e. The fraction of sp³-hybridized carbons (Fsp3) is 0.483. The van der Waals surface area contributed by atoms with Crippen LogP contribution in [-0.2, 0) is 33.8 Å². The fourth-order valence-corrected chi connectivity index (χ4v) is 4.52. The first-order chi connectivity index (χ1) is 18.7. The van der Waals surface area contributed by atoms with Crippen molar-refractivity contribution in [2.75, 3.05) is 32.7 Å². The second-order valence-electron chi connectivity index (χ2n) is 9.90. The van der Waals surface area contributed by atoms with Crippen molar-refractivity contribution in [3.05, 3.63) is 70.8 Å². The van der Waals surface area contributed by atoms with Gasteiger partial charge in [-0.2, -0.15) is 0 Å². The Labute approximate surface area is 228 Å². The zero-order chi connectivity index (χ0) is 28.4. The quantitative estimate of drug-likeness (QED) is 0.317. The van der Waals surface area contributed by atoms with E-state index in [9.17, 15) is 28.3 Å². The van der Waals surface area contributed by atoms with Crippen LogP contribution in [0.2, 0.25) is 0 Å². The molecule has 3 rings (SSSR count). The minimum absolute atomic E-state index is 0.0356. The Hall–Kier alpha value is -3.37. The van der Waals surface area contributed by atoms with Crippen LogP contribution in [0.4, 0.5) is 8.78 Å². The molecule has 212 valence electrons. The Morgan fingerprint density at radius 3 is 2.21 bits per heavy atom. The molecule has 39 heavy (non-hydrogen) atoms. The van der Waals surface area contributed by atoms with E-state index >= 15 is 0 Å². The number of hydrogen-bond acceptors (Lipinski definition) is 5. The normalized spacial score (nSPS) is 15.4. The standard InChI is InChI=1S/C29H38F2N4O4/c1-3-5-10-34-11-12-35(29(39)28(34)38)19-27(37)33-25(15-22-13-23(30)16-24(31)14-22)26(36)18-32-17-21-8-6-20(4-2)7-9-21/h6-9,13-14,16,25-26,32,36H,3-5,10-12,15,17-19H2,1-2H3,(H,33,37)/t25-,26+/m0/s1. The topological polar surface area (TPSA) is 102 Å². The molecule has 0 saturated carbocycles. The zero-order valence-corrected chi connectivity index (χ0v) is 22.6. The van der Waals surface area contributed by atoms with Crippen molar-refractivity contribution in [3.63, 3.8) is 0 Å². The van der Waals surface area contributed by atoms with Crippen molar-refractivity contribution < 1.29 is 28.3 Å². The molecule has 0 aliphatic carbocycles. The zero-order valence-electron chi connectivity index (χ0n) is 22.6. The van der Waals surface area contributed by atoms with Gasteiger partial charge in [0.15, 0.2) is 0 Å². The molecule has 1 heterocycles. The second-order valence-corrected chi connectivity index (χ2v) is 9.90. The molecular formula is C29H38F2N4O4. The van der Waals surface area contributed by atoms with Crippen molar-refractivity contribution in [3.8, 4) is 0 Å². The molecule has 2 aromatic carbocycles. The summed E-state index contributed by atoms with van der Waals surface area (Å²) in [5, 5.41) is 16.8. The van der Waals surface area contributed by atoms with Gasteiger partial charge in [0, 0.05) is 38.8 Å². The Morgan fingerprint density at radius 2 is 1.56 bits per heavy atom. The molecule has 0 unspecified atom stereocenters. The van der Waals surface area contributed by atoms with Crippen LogP contribution in [0.3, 0.4) is 0 Å². The van der Waals surface area contributed by atoms with Gasteiger partial charge in [-0.25, -0.2) is 8.78 Å². The van der Waals surface area contributed by atoms with Crippen LogP contribution in [0.25, 0.3) is 0 Å². The lowest BCUT2D eigenvalue weighted by Gasteiger charge is -2.34. The highest BCUT2D eigenvalue weighted by molar-refractivity contribution is 6.35. The molecule has 0 spiro atoms. The van der Waals surface area contributed by atoms with Crippen LogP contribution in [0, 0.1) is 11.6 Å². The van der Waals surface area contributed by atoms with E-state index < -0.39 is 41.5 Å². The largest absolute Gasteiger partial charge is 0.390 e. The SMILES string of the molecule is CCCCN1CCN(CC(=O)N[C@@H](Cc2cc(F)cc(F)c2)[C@H](O)CNCc2ccc(CC)cc2)C(=O)C1=O. The maximum absolute atomic E-state index is 13.8. The van der Waals surface area contributed by atoms with Gasteiger partial charge >= 0.3 is 11.8 Å². The first-order valence-corrected chi connectivity index (χ1v) is 13.5. The lowest BCUT2D eigenvalue weighted by atomic mass is 10.0. The first-order valence-electron chi connectivity index (χ1n) is 13.5. The molecule has 1 aliphatic heterocycles. The monoisotopic (exact) mass is 544 g/mol. The van der Waals surface area contributed by atoms with Gasteiger partial charge in [0.1, 0.15) is 18.2 Å². The Kier molecular flexibility index (Phi) is 11.4. The molecule has 2 aromatic rings.